The van der Waals surface area contributed by atoms with Gasteiger partial charge in [0, 0.05) is 24.3 Å². The van der Waals surface area contributed by atoms with Crippen molar-refractivity contribution in [2.75, 3.05) is 26.4 Å². The molecule has 2 heterocycles. The van der Waals surface area contributed by atoms with Gasteiger partial charge in [-0.05, 0) is 25.7 Å². The molecule has 0 atom stereocenters. The maximum Gasteiger partial charge on any atom is 0.255 e. The van der Waals surface area contributed by atoms with Crippen LogP contribution in [0.5, 0.6) is 23.0 Å². The van der Waals surface area contributed by atoms with Crippen molar-refractivity contribution in [3.8, 4) is 34.4 Å². The van der Waals surface area contributed by atoms with Gasteiger partial charge in [0.1, 0.15) is 22.8 Å². The molecule has 0 amide bonds. The molecule has 2 aromatic carbocycles. The minimum absolute atomic E-state index is 0.0415. The molecule has 52 heavy (non-hydrogen) atoms. The number of carbonyl (C=O) groups is 2. The molecule has 10 nitrogen and oxygen atoms in total. The van der Waals surface area contributed by atoms with Gasteiger partial charge in [-0.3, -0.25) is 9.59 Å². The third kappa shape index (κ3) is 9.95. The number of nitrogens with zero attached hydrogens (tertiary/aromatic N) is 4. The molecule has 0 aliphatic heterocycles. The first-order chi connectivity index (χ1) is 25.5. The van der Waals surface area contributed by atoms with Gasteiger partial charge in [-0.2, -0.15) is 0 Å². The van der Waals surface area contributed by atoms with Crippen molar-refractivity contribution >= 4 is 33.6 Å². The van der Waals surface area contributed by atoms with Crippen LogP contribution in [0.3, 0.4) is 0 Å². The molecule has 280 valence electrons. The van der Waals surface area contributed by atoms with Gasteiger partial charge in [0.15, 0.2) is 23.0 Å². The van der Waals surface area contributed by atoms with E-state index in [0.717, 1.165) is 103 Å². The second-order valence-corrected chi connectivity index (χ2v) is 13.7. The first-order valence-electron chi connectivity index (χ1n) is 19.8. The SMILES string of the molecule is CCCCCCOc1cc2nc3c(nc2cc1OCCCCCC)-c1nc2cc(OCCCCCC)c(OCCCCCC)cc2nc1C(=O)C3=O. The summed E-state index contributed by atoms with van der Waals surface area (Å²) in [5.41, 5.74) is 2.28. The molecule has 0 fully saturated rings. The molecule has 4 aromatic rings. The van der Waals surface area contributed by atoms with Crippen LogP contribution < -0.4 is 18.9 Å². The number of ketones is 2. The van der Waals surface area contributed by atoms with E-state index in [9.17, 15) is 9.59 Å². The van der Waals surface area contributed by atoms with E-state index in [0.29, 0.717) is 71.5 Å². The Bertz CT molecular complexity index is 1680. The largest absolute Gasteiger partial charge is 0.490 e. The number of unbranched alkanes of at least 4 members (excludes halogenated alkanes) is 12. The summed E-state index contributed by atoms with van der Waals surface area (Å²) >= 11 is 0. The Morgan fingerprint density at radius 2 is 0.615 bits per heavy atom. The number of rotatable bonds is 24. The van der Waals surface area contributed by atoms with Crippen molar-refractivity contribution in [3.05, 3.63) is 35.7 Å². The summed E-state index contributed by atoms with van der Waals surface area (Å²) in [6.07, 6.45) is 17.2. The highest BCUT2D eigenvalue weighted by Crippen LogP contribution is 2.38. The van der Waals surface area contributed by atoms with Crippen LogP contribution in [0.4, 0.5) is 0 Å². The summed E-state index contributed by atoms with van der Waals surface area (Å²) < 4.78 is 24.8. The molecule has 1 aliphatic carbocycles. The van der Waals surface area contributed by atoms with Gasteiger partial charge in [0.05, 0.1) is 48.5 Å². The van der Waals surface area contributed by atoms with Crippen molar-refractivity contribution in [3.63, 3.8) is 0 Å². The molecule has 5 rings (SSSR count). The fraction of sp³-hybridized carbons (Fsp3) is 0.571. The Morgan fingerprint density at radius 3 is 0.865 bits per heavy atom. The van der Waals surface area contributed by atoms with E-state index >= 15 is 0 Å². The van der Waals surface area contributed by atoms with E-state index in [1.165, 1.54) is 0 Å². The first-order valence-corrected chi connectivity index (χ1v) is 19.8. The first kappa shape index (κ1) is 38.9. The summed E-state index contributed by atoms with van der Waals surface area (Å²) in [7, 11) is 0. The van der Waals surface area contributed by atoms with Gasteiger partial charge < -0.3 is 18.9 Å². The molecule has 0 bridgehead atoms. The lowest BCUT2D eigenvalue weighted by atomic mass is 9.97. The lowest BCUT2D eigenvalue weighted by Crippen LogP contribution is -2.25. The molecule has 0 radical (unpaired) electrons. The lowest BCUT2D eigenvalue weighted by molar-refractivity contribution is 0.0809. The van der Waals surface area contributed by atoms with Crippen molar-refractivity contribution in [2.24, 2.45) is 0 Å². The minimum Gasteiger partial charge on any atom is -0.490 e. The third-order valence-electron chi connectivity index (χ3n) is 9.34. The zero-order valence-corrected chi connectivity index (χ0v) is 31.7. The lowest BCUT2D eigenvalue weighted by Gasteiger charge is -2.18. The molecule has 0 unspecified atom stereocenters. The summed E-state index contributed by atoms with van der Waals surface area (Å²) in [5.74, 6) is 0.756. The van der Waals surface area contributed by atoms with Gasteiger partial charge in [0.2, 0.25) is 0 Å². The van der Waals surface area contributed by atoms with Crippen LogP contribution in [0.25, 0.3) is 33.5 Å². The van der Waals surface area contributed by atoms with E-state index in [1.807, 2.05) is 12.1 Å². The minimum atomic E-state index is -0.761. The number of fused-ring (bicyclic) bond motifs is 5. The molecule has 2 aromatic heterocycles. The predicted molar refractivity (Wildman–Crippen MR) is 205 cm³/mol. The molecule has 10 heteroatoms. The van der Waals surface area contributed by atoms with Gasteiger partial charge >= 0.3 is 0 Å². The zero-order chi connectivity index (χ0) is 36.7. The van der Waals surface area contributed by atoms with Crippen LogP contribution in [0.2, 0.25) is 0 Å². The third-order valence-corrected chi connectivity index (χ3v) is 9.34. The molecule has 0 saturated carbocycles. The molecule has 0 saturated heterocycles. The second-order valence-electron chi connectivity index (χ2n) is 13.7. The molecule has 0 N–H and O–H groups in total. The monoisotopic (exact) mass is 712 g/mol. The number of aromatic nitrogens is 4. The van der Waals surface area contributed by atoms with Crippen LogP contribution >= 0.6 is 0 Å². The van der Waals surface area contributed by atoms with Gasteiger partial charge in [-0.25, -0.2) is 19.9 Å². The average molecular weight is 713 g/mol. The Hall–Kier alpha value is -4.34. The number of carbonyl (C=O) groups excluding carboxylic acids is 2. The predicted octanol–water partition coefficient (Wildman–Crippen LogP) is 10.5. The summed E-state index contributed by atoms with van der Waals surface area (Å²) in [5, 5.41) is 0. The van der Waals surface area contributed by atoms with Crippen molar-refractivity contribution in [2.45, 2.75) is 130 Å². The normalized spacial score (nSPS) is 12.3. The smallest absolute Gasteiger partial charge is 0.255 e. The van der Waals surface area contributed by atoms with Crippen LogP contribution in [-0.4, -0.2) is 57.9 Å². The Balaban J connectivity index is 1.51. The highest BCUT2D eigenvalue weighted by Gasteiger charge is 2.36. The number of hydrogen-bond donors (Lipinski definition) is 0. The van der Waals surface area contributed by atoms with E-state index in [2.05, 4.69) is 37.7 Å². The maximum atomic E-state index is 13.5. The van der Waals surface area contributed by atoms with Crippen LogP contribution in [0.15, 0.2) is 24.3 Å². The Labute approximate surface area is 308 Å². The topological polar surface area (TPSA) is 123 Å². The average Bonchev–Trinajstić information content (AvgIpc) is 3.15. The summed E-state index contributed by atoms with van der Waals surface area (Å²) in [6, 6.07) is 7.15. The highest BCUT2D eigenvalue weighted by molar-refractivity contribution is 6.52. The standard InChI is InChI=1S/C42H56N4O6/c1-5-9-13-17-21-49-33-25-29-31(27-35(33)51-23-19-15-11-7-3)45-39-37(43-29)38-40(42(48)41(39)47)46-32-28-36(52-24-20-16-12-8-4)34(26-30(32)44-38)50-22-18-14-10-6-2/h25-28H,5-24H2,1-4H3. The highest BCUT2D eigenvalue weighted by atomic mass is 16.5. The number of benzene rings is 2. The quantitative estimate of drug-likeness (QED) is 0.0512. The van der Waals surface area contributed by atoms with Crippen LogP contribution in [-0.2, 0) is 0 Å². The molecule has 0 spiro atoms. The van der Waals surface area contributed by atoms with Crippen molar-refractivity contribution in [1.29, 1.82) is 0 Å². The number of ether oxygens (including phenoxy) is 4. The van der Waals surface area contributed by atoms with Gasteiger partial charge in [0.25, 0.3) is 11.6 Å². The Kier molecular flexibility index (Phi) is 15.0. The number of Topliss-reactive ketones (excluding diaryl/α,β-unsaturated/α-hetero) is 2. The van der Waals surface area contributed by atoms with Crippen LogP contribution in [0.1, 0.15) is 151 Å². The fourth-order valence-electron chi connectivity index (χ4n) is 6.29. The van der Waals surface area contributed by atoms with Crippen molar-refractivity contribution in [1.82, 2.24) is 19.9 Å². The maximum absolute atomic E-state index is 13.5. The zero-order valence-electron chi connectivity index (χ0n) is 31.7. The van der Waals surface area contributed by atoms with Crippen molar-refractivity contribution < 1.29 is 28.5 Å². The molecular formula is C42H56N4O6. The van der Waals surface area contributed by atoms with E-state index < -0.39 is 11.6 Å². The van der Waals surface area contributed by atoms with E-state index in [-0.39, 0.29) is 22.8 Å². The second kappa shape index (κ2) is 20.0. The summed E-state index contributed by atoms with van der Waals surface area (Å²) in [6.45, 7) is 10.9. The van der Waals surface area contributed by atoms with Gasteiger partial charge in [-0.15, -0.1) is 0 Å². The van der Waals surface area contributed by atoms with E-state index in [1.54, 1.807) is 12.1 Å². The molecular weight excluding hydrogens is 656 g/mol. The van der Waals surface area contributed by atoms with E-state index in [4.69, 9.17) is 28.9 Å². The number of hydrogen-bond acceptors (Lipinski definition) is 10. The van der Waals surface area contributed by atoms with Gasteiger partial charge in [-0.1, -0.05) is 105 Å². The van der Waals surface area contributed by atoms with Crippen LogP contribution in [0, 0.1) is 0 Å². The summed E-state index contributed by atoms with van der Waals surface area (Å²) in [4.78, 5) is 46.2. The fourth-order valence-corrected chi connectivity index (χ4v) is 6.29. The molecule has 1 aliphatic rings. The Morgan fingerprint density at radius 1 is 0.365 bits per heavy atom.